The number of nitro groups is 1. The van der Waals surface area contributed by atoms with Crippen molar-refractivity contribution in [2.75, 3.05) is 0 Å². The molecule has 1 radical (unpaired) electrons. The lowest BCUT2D eigenvalue weighted by molar-refractivity contribution is -0.430. The van der Waals surface area contributed by atoms with Crippen LogP contribution in [0.15, 0.2) is 23.7 Å². The van der Waals surface area contributed by atoms with Crippen LogP contribution in [0.3, 0.4) is 0 Å². The summed E-state index contributed by atoms with van der Waals surface area (Å²) in [5, 5.41) is 13.5. The van der Waals surface area contributed by atoms with E-state index in [0.29, 0.717) is 0 Å². The van der Waals surface area contributed by atoms with Gasteiger partial charge in [-0.05, 0) is 17.2 Å². The maximum atomic E-state index is 9.96. The van der Waals surface area contributed by atoms with Crippen molar-refractivity contribution in [1.82, 2.24) is 5.32 Å². The zero-order valence-corrected chi connectivity index (χ0v) is 4.87. The van der Waals surface area contributed by atoms with Crippen LogP contribution in [0.1, 0.15) is 6.92 Å². The fraction of sp³-hybridized carbons (Fsp3) is 0.200. The van der Waals surface area contributed by atoms with Crippen LogP contribution in [0.4, 0.5) is 0 Å². The van der Waals surface area contributed by atoms with Crippen molar-refractivity contribution < 1.29 is 4.92 Å². The minimum absolute atomic E-state index is 0.0764. The van der Waals surface area contributed by atoms with E-state index in [1.807, 2.05) is 0 Å². The molecule has 0 saturated heterocycles. The maximum absolute atomic E-state index is 9.96. The van der Waals surface area contributed by atoms with Gasteiger partial charge in [0.25, 0.3) is 0 Å². The number of hydrogen-bond acceptors (Lipinski definition) is 2. The summed E-state index contributed by atoms with van der Waals surface area (Å²) in [5.74, 6) is -0.0764. The summed E-state index contributed by atoms with van der Waals surface area (Å²) in [6.07, 6.45) is 2.90. The quantitative estimate of drug-likeness (QED) is 0.381. The zero-order chi connectivity index (χ0) is 6.85. The van der Waals surface area contributed by atoms with Gasteiger partial charge in [0.2, 0.25) is 0 Å². The van der Waals surface area contributed by atoms with Crippen molar-refractivity contribution in [3.8, 4) is 0 Å². The van der Waals surface area contributed by atoms with Crippen LogP contribution < -0.4 is 5.32 Å². The van der Waals surface area contributed by atoms with E-state index in [9.17, 15) is 10.1 Å². The molecule has 0 aromatic carbocycles. The van der Waals surface area contributed by atoms with Crippen molar-refractivity contribution >= 4 is 0 Å². The van der Waals surface area contributed by atoms with Gasteiger partial charge in [-0.15, -0.1) is 0 Å². The highest BCUT2D eigenvalue weighted by Crippen LogP contribution is 2.07. The van der Waals surface area contributed by atoms with Gasteiger partial charge >= 0.3 is 5.82 Å². The third-order valence-electron chi connectivity index (χ3n) is 0.944. The molecule has 0 saturated carbocycles. The summed E-state index contributed by atoms with van der Waals surface area (Å²) in [4.78, 5) is 9.45. The van der Waals surface area contributed by atoms with Crippen LogP contribution in [0.25, 0.3) is 0 Å². The normalized spacial score (nSPS) is 16.1. The molecule has 47 valence electrons. The average Bonchev–Trinajstić information content (AvgIpc) is 2.14. The van der Waals surface area contributed by atoms with Gasteiger partial charge in [-0.2, -0.15) is 0 Å². The first-order valence-corrected chi connectivity index (χ1v) is 2.44. The first kappa shape index (κ1) is 5.81. The lowest BCUT2D eigenvalue weighted by atomic mass is 10.3. The standard InChI is InChI=1S/C5H5N2O2/c1-4-2-5(6-3-4)7(8)9/h2-3H,1H3. The third-order valence-corrected chi connectivity index (χ3v) is 0.944. The molecule has 1 rings (SSSR count). The van der Waals surface area contributed by atoms with Crippen LogP contribution in [-0.4, -0.2) is 4.92 Å². The van der Waals surface area contributed by atoms with Gasteiger partial charge in [0, 0.05) is 11.6 Å². The number of rotatable bonds is 1. The minimum Gasteiger partial charge on any atom is -0.358 e. The number of allylic oxidation sites excluding steroid dienone is 2. The van der Waals surface area contributed by atoms with E-state index in [1.165, 1.54) is 12.3 Å². The van der Waals surface area contributed by atoms with Gasteiger partial charge in [0.1, 0.15) is 6.20 Å². The largest absolute Gasteiger partial charge is 0.363 e. The first-order valence-electron chi connectivity index (χ1n) is 2.44. The molecule has 1 heterocycles. The second-order valence-corrected chi connectivity index (χ2v) is 1.76. The summed E-state index contributed by atoms with van der Waals surface area (Å²) in [7, 11) is 0. The lowest BCUT2D eigenvalue weighted by Crippen LogP contribution is -2.03. The van der Waals surface area contributed by atoms with Gasteiger partial charge in [0.15, 0.2) is 0 Å². The van der Waals surface area contributed by atoms with E-state index in [4.69, 9.17) is 0 Å². The highest BCUT2D eigenvalue weighted by Gasteiger charge is 2.16. The SMILES string of the molecule is CC1=C[N]C([N+](=O)[O-])=C1. The molecular formula is C5H5N2O2. The van der Waals surface area contributed by atoms with Crippen LogP contribution in [-0.2, 0) is 0 Å². The van der Waals surface area contributed by atoms with E-state index in [0.717, 1.165) is 5.57 Å². The Morgan fingerprint density at radius 2 is 2.44 bits per heavy atom. The molecule has 0 bridgehead atoms. The number of hydrogen-bond donors (Lipinski definition) is 0. The molecular weight excluding hydrogens is 120 g/mol. The highest BCUT2D eigenvalue weighted by molar-refractivity contribution is 5.24. The van der Waals surface area contributed by atoms with E-state index in [2.05, 4.69) is 5.32 Å². The fourth-order valence-electron chi connectivity index (χ4n) is 0.546. The van der Waals surface area contributed by atoms with Gasteiger partial charge in [-0.3, -0.25) is 0 Å². The molecule has 0 N–H and O–H groups in total. The first-order chi connectivity index (χ1) is 4.20. The Morgan fingerprint density at radius 1 is 1.78 bits per heavy atom. The molecule has 1 aliphatic rings. The van der Waals surface area contributed by atoms with E-state index < -0.39 is 4.92 Å². The summed E-state index contributed by atoms with van der Waals surface area (Å²) in [6, 6.07) is 0. The van der Waals surface area contributed by atoms with Crippen LogP contribution >= 0.6 is 0 Å². The topological polar surface area (TPSA) is 57.2 Å². The summed E-state index contributed by atoms with van der Waals surface area (Å²) < 4.78 is 0. The predicted octanol–water partition coefficient (Wildman–Crippen LogP) is 0.626. The minimum atomic E-state index is -0.507. The number of nitrogens with zero attached hydrogens (tertiary/aromatic N) is 2. The Kier molecular flexibility index (Phi) is 1.22. The van der Waals surface area contributed by atoms with Crippen LogP contribution in [0.5, 0.6) is 0 Å². The molecule has 0 spiro atoms. The Labute approximate surface area is 52.0 Å². The Hall–Kier alpha value is -1.32. The maximum Gasteiger partial charge on any atom is 0.363 e. The van der Waals surface area contributed by atoms with Gasteiger partial charge in [0.05, 0.1) is 0 Å². The van der Waals surface area contributed by atoms with E-state index in [1.54, 1.807) is 6.92 Å². The third kappa shape index (κ3) is 1.07. The summed E-state index contributed by atoms with van der Waals surface area (Å²) >= 11 is 0. The van der Waals surface area contributed by atoms with Crippen molar-refractivity contribution in [2.45, 2.75) is 6.92 Å². The van der Waals surface area contributed by atoms with E-state index in [-0.39, 0.29) is 5.82 Å². The molecule has 0 atom stereocenters. The summed E-state index contributed by atoms with van der Waals surface area (Å²) in [6.45, 7) is 1.76. The van der Waals surface area contributed by atoms with Crippen molar-refractivity contribution in [3.63, 3.8) is 0 Å². The predicted molar refractivity (Wildman–Crippen MR) is 31.0 cm³/mol. The van der Waals surface area contributed by atoms with Crippen molar-refractivity contribution in [2.24, 2.45) is 0 Å². The molecule has 0 amide bonds. The van der Waals surface area contributed by atoms with Crippen molar-refractivity contribution in [3.05, 3.63) is 33.8 Å². The van der Waals surface area contributed by atoms with Crippen LogP contribution in [0.2, 0.25) is 0 Å². The van der Waals surface area contributed by atoms with E-state index >= 15 is 0 Å². The molecule has 4 heteroatoms. The molecule has 0 aromatic heterocycles. The van der Waals surface area contributed by atoms with Gasteiger partial charge < -0.3 is 10.1 Å². The summed E-state index contributed by atoms with van der Waals surface area (Å²) in [5.41, 5.74) is 0.821. The fourth-order valence-corrected chi connectivity index (χ4v) is 0.546. The van der Waals surface area contributed by atoms with Gasteiger partial charge in [-0.1, -0.05) is 0 Å². The second kappa shape index (κ2) is 1.89. The molecule has 0 aliphatic carbocycles. The molecule has 1 aliphatic heterocycles. The van der Waals surface area contributed by atoms with Gasteiger partial charge in [-0.25, -0.2) is 0 Å². The van der Waals surface area contributed by atoms with Crippen molar-refractivity contribution in [1.29, 1.82) is 0 Å². The second-order valence-electron chi connectivity index (χ2n) is 1.76. The Morgan fingerprint density at radius 3 is 2.67 bits per heavy atom. The lowest BCUT2D eigenvalue weighted by Gasteiger charge is -1.86. The molecule has 0 unspecified atom stereocenters. The average molecular weight is 125 g/mol. The smallest absolute Gasteiger partial charge is 0.358 e. The molecule has 4 nitrogen and oxygen atoms in total. The molecule has 0 aromatic rings. The Bertz CT molecular complexity index is 205. The van der Waals surface area contributed by atoms with Crippen LogP contribution in [0, 0.1) is 10.1 Å². The monoisotopic (exact) mass is 125 g/mol. The Balaban J connectivity index is 2.71. The zero-order valence-electron chi connectivity index (χ0n) is 4.87. The highest BCUT2D eigenvalue weighted by atomic mass is 16.6. The molecule has 9 heavy (non-hydrogen) atoms. The molecule has 0 fully saturated rings.